The molecule has 15 atom stereocenters. The summed E-state index contributed by atoms with van der Waals surface area (Å²) >= 11 is 0. The van der Waals surface area contributed by atoms with Crippen molar-refractivity contribution in [3.05, 3.63) is 76.6 Å². The minimum atomic E-state index is -4.32. The number of nitrogens with two attached hydrogens (primary N) is 6. The third-order valence-corrected chi connectivity index (χ3v) is 21.8. The number of amides is 7. The van der Waals surface area contributed by atoms with Crippen molar-refractivity contribution < 1.29 is 79.2 Å². The Morgan fingerprint density at radius 1 is 0.804 bits per heavy atom. The van der Waals surface area contributed by atoms with Crippen LogP contribution in [0.5, 0.6) is 0 Å². The Hall–Kier alpha value is -6.42. The van der Waals surface area contributed by atoms with Gasteiger partial charge < -0.3 is 85.9 Å². The van der Waals surface area contributed by atoms with Crippen molar-refractivity contribution in [2.45, 2.75) is 189 Å². The molecule has 26 nitrogen and oxygen atoms in total. The average molecular weight is 1340 g/mol. The van der Waals surface area contributed by atoms with Crippen molar-refractivity contribution in [2.24, 2.45) is 94.7 Å². The zero-order chi connectivity index (χ0) is 66.7. The van der Waals surface area contributed by atoms with Gasteiger partial charge in [-0.25, -0.2) is 4.98 Å². The number of nitrogens with zero attached hydrogens (tertiary/aromatic N) is 6. The SMILES string of the molecule is C=P([O-])(OC(C)CNC(=O)CCC1(C)C2=C(C)C3=NC(=CC4=NC(=C(C)C5=NC(C)(C([N-]2)C1CC(N)=O)C(C)(CC(N)=O)C5CCC(N)=O)C(C)(CC(N)=O)C4CCC(N)=O)C(C)(C)C3CCC(N)=O)OC1C(CO)OC(n2cnc3cc(C)c(C)cc32)C1O.[CH3-].[Co+3]. The molecule has 8 rings (SSSR count). The Labute approximate surface area is 548 Å². The van der Waals surface area contributed by atoms with E-state index < -0.39 is 143 Å². The second-order valence-corrected chi connectivity index (χ2v) is 28.8. The van der Waals surface area contributed by atoms with Gasteiger partial charge in [0.15, 0.2) is 6.23 Å². The summed E-state index contributed by atoms with van der Waals surface area (Å²) in [5.74, 6) is -7.15. The van der Waals surface area contributed by atoms with E-state index in [0.29, 0.717) is 56.4 Å². The number of aliphatic imine (C=N–C) groups is 3. The molecule has 1 aromatic carbocycles. The summed E-state index contributed by atoms with van der Waals surface area (Å²) in [4.78, 5) is 128. The summed E-state index contributed by atoms with van der Waals surface area (Å²) in [5, 5.41) is 30.5. The minimum Gasteiger partial charge on any atom is -0.789 e. The van der Waals surface area contributed by atoms with E-state index in [9.17, 15) is 48.7 Å². The van der Waals surface area contributed by atoms with Crippen LogP contribution in [0, 0.1) is 66.6 Å². The fourth-order valence-corrected chi connectivity index (χ4v) is 16.7. The molecule has 6 aliphatic rings. The number of hydrogen-bond acceptors (Lipinski definition) is 17. The number of carbonyl (C=O) groups is 7. The Morgan fingerprint density at radius 2 is 1.39 bits per heavy atom. The van der Waals surface area contributed by atoms with Crippen molar-refractivity contribution in [1.82, 2.24) is 14.9 Å². The number of allylic oxidation sites excluding steroid dienone is 6. The van der Waals surface area contributed by atoms with Crippen LogP contribution in [0.25, 0.3) is 16.4 Å². The van der Waals surface area contributed by atoms with Crippen molar-refractivity contribution in [1.29, 1.82) is 0 Å². The summed E-state index contributed by atoms with van der Waals surface area (Å²) in [6, 6.07) is 2.77. The van der Waals surface area contributed by atoms with E-state index in [1.54, 1.807) is 18.4 Å². The first-order valence-electron chi connectivity index (χ1n) is 30.6. The Morgan fingerprint density at radius 3 is 1.97 bits per heavy atom. The molecule has 0 saturated carbocycles. The largest absolute Gasteiger partial charge is 3.00 e. The first kappa shape index (κ1) is 74.6. The molecule has 92 heavy (non-hydrogen) atoms. The number of carbonyl (C=O) groups excluding carboxylic acids is 7. The number of nitrogens with one attached hydrogen (secondary N) is 1. The van der Waals surface area contributed by atoms with Crippen LogP contribution in [0.4, 0.5) is 0 Å². The monoisotopic (exact) mass is 1340 g/mol. The zero-order valence-electron chi connectivity index (χ0n) is 54.8. The van der Waals surface area contributed by atoms with Gasteiger partial charge in [0, 0.05) is 116 Å². The summed E-state index contributed by atoms with van der Waals surface area (Å²) in [6.07, 6.45) is 0.173. The number of rotatable bonds is 26. The minimum absolute atomic E-state index is 0. The molecule has 15 N–H and O–H groups in total. The van der Waals surface area contributed by atoms with Gasteiger partial charge in [-0.15, -0.1) is 0 Å². The summed E-state index contributed by atoms with van der Waals surface area (Å²) < 4.78 is 19.4. The van der Waals surface area contributed by atoms with Crippen LogP contribution in [-0.2, 0) is 64.1 Å². The van der Waals surface area contributed by atoms with Crippen LogP contribution in [0.1, 0.15) is 150 Å². The Bertz CT molecular complexity index is 3540. The Balaban J connectivity index is 0.00000672. The molecule has 2 saturated heterocycles. The maximum Gasteiger partial charge on any atom is 3.00 e. The number of benzene rings is 1. The van der Waals surface area contributed by atoms with Gasteiger partial charge in [0.25, 0.3) is 0 Å². The molecule has 28 heteroatoms. The molecule has 506 valence electrons. The number of aliphatic hydroxyl groups excluding tert-OH is 2. The fraction of sp³-hybridized carbons (Fsp3) is 0.609. The quantitative estimate of drug-likeness (QED) is 0.0477. The summed E-state index contributed by atoms with van der Waals surface area (Å²) in [5.41, 5.74) is 37.2. The number of aliphatic hydroxyl groups is 2. The van der Waals surface area contributed by atoms with E-state index in [2.05, 4.69) is 16.6 Å². The van der Waals surface area contributed by atoms with E-state index in [4.69, 9.17) is 68.5 Å². The van der Waals surface area contributed by atoms with E-state index >= 15 is 0 Å². The molecule has 2 aromatic rings. The van der Waals surface area contributed by atoms with E-state index in [1.807, 2.05) is 80.5 Å². The van der Waals surface area contributed by atoms with Crippen molar-refractivity contribution in [2.75, 3.05) is 13.2 Å². The van der Waals surface area contributed by atoms with Crippen LogP contribution in [0.3, 0.4) is 0 Å². The summed E-state index contributed by atoms with van der Waals surface area (Å²) in [6.45, 7) is 19.6. The van der Waals surface area contributed by atoms with Crippen LogP contribution in [0.2, 0.25) is 0 Å². The second kappa shape index (κ2) is 27.9. The van der Waals surface area contributed by atoms with Gasteiger partial charge >= 0.3 is 16.8 Å². The molecule has 0 radical (unpaired) electrons. The smallest absolute Gasteiger partial charge is 0.789 e. The number of hydrogen-bond donors (Lipinski definition) is 9. The number of aryl methyl sites for hydroxylation is 2. The second-order valence-electron chi connectivity index (χ2n) is 27.2. The average Bonchev–Trinajstić information content (AvgIpc) is 1.53. The summed E-state index contributed by atoms with van der Waals surface area (Å²) in [7, 11) is -4.32. The number of ether oxygens (including phenoxy) is 1. The standard InChI is InChI=1S/C63H91N13O13P.CH3.Co/c1-30-21-40-41(22-31(30)2)76(29-71-40)58-53(85)54(42(28-77)87-58)89-90(12,86)88-32(3)27-70-50(84)19-20-60(8)38(23-47(67)81)57-63(11)62(10,26-49(69)83)37(15-18-46(66)80)52(75-63)34(5)56-61(9,25-48(68)82)35(13-16-44(64)78)39(72-56)24-43-59(6,7)36(14-17-45(65)79)51(73-43)33(4)55(60)74-57;;/h21-22,24,29,32,35-38,42,53-54,57-58,77,85H,12-20,23,25-28H2,1-11H3,(H14-,64,65,66,67,68,69,70,72,73,74,75,78,79,80,81,82,83,84,86);1H3;/q2*-1;+3/p-1. The molecule has 7 heterocycles. The van der Waals surface area contributed by atoms with Gasteiger partial charge in [0.1, 0.15) is 18.3 Å². The molecule has 2 fully saturated rings. The van der Waals surface area contributed by atoms with Crippen molar-refractivity contribution in [3.8, 4) is 0 Å². The predicted molar refractivity (Wildman–Crippen MR) is 344 cm³/mol. The maximum absolute atomic E-state index is 14.4. The first-order valence-corrected chi connectivity index (χ1v) is 32.4. The molecule has 6 aliphatic heterocycles. The van der Waals surface area contributed by atoms with Gasteiger partial charge in [-0.2, -0.15) is 5.70 Å². The molecule has 1 aromatic heterocycles. The van der Waals surface area contributed by atoms with Gasteiger partial charge in [-0.05, 0) is 119 Å². The van der Waals surface area contributed by atoms with Gasteiger partial charge in [0.05, 0.1) is 41.3 Å². The Kier molecular flexibility index (Phi) is 22.6. The normalized spacial score (nSPS) is 31.3. The zero-order valence-corrected chi connectivity index (χ0v) is 56.7. The third kappa shape index (κ3) is 14.2. The van der Waals surface area contributed by atoms with Crippen LogP contribution in [-0.4, -0.2) is 134 Å². The van der Waals surface area contributed by atoms with E-state index in [1.165, 1.54) is 6.33 Å². The molecular weight excluding hydrogens is 1250 g/mol. The molecule has 0 spiro atoms. The van der Waals surface area contributed by atoms with Gasteiger partial charge in [-0.3, -0.25) is 48.5 Å². The number of primary amides is 6. The third-order valence-electron chi connectivity index (χ3n) is 20.5. The van der Waals surface area contributed by atoms with Crippen LogP contribution < -0.4 is 44.6 Å². The van der Waals surface area contributed by atoms with Crippen molar-refractivity contribution in [3.63, 3.8) is 0 Å². The van der Waals surface area contributed by atoms with Gasteiger partial charge in [0.2, 0.25) is 41.4 Å². The van der Waals surface area contributed by atoms with Crippen molar-refractivity contribution >= 4 is 83.4 Å². The van der Waals surface area contributed by atoms with E-state index in [0.717, 1.165) is 11.1 Å². The number of imidazole rings is 1. The first-order chi connectivity index (χ1) is 41.8. The molecule has 7 amide bonds. The van der Waals surface area contributed by atoms with Gasteiger partial charge in [-0.1, -0.05) is 47.0 Å². The fourth-order valence-electron chi connectivity index (χ4n) is 15.4. The predicted octanol–water partition coefficient (Wildman–Crippen LogP) is 3.85. The van der Waals surface area contributed by atoms with Crippen LogP contribution in [0.15, 0.2) is 67.8 Å². The molecule has 15 unspecified atom stereocenters. The molecular formula is C64H93CoN13O13P. The number of aromatic nitrogens is 2. The molecule has 8 bridgehead atoms. The van der Waals surface area contributed by atoms with Crippen LogP contribution >= 0.6 is 7.57 Å². The maximum atomic E-state index is 14.4. The molecule has 0 aliphatic carbocycles. The number of fused-ring (bicyclic) bond motifs is 7. The van der Waals surface area contributed by atoms with E-state index in [-0.39, 0.29) is 101 Å². The topological polar surface area (TPSA) is 448 Å².